The topological polar surface area (TPSA) is 95.5 Å². The standard InChI is InChI=1S/C28H31N3O6S/c1-7-14-36-20-12-10-18(15-21(20)34-8-2)25-24(27(33)35-9-3)17(4)29-28-31(25)26(32)22(38-28)16-19-11-13-23(37-19)30(5)6/h7,10-13,15-16,25H,1,8-9,14H2,2-6H3/b22-16+. The number of hydrogen-bond donors (Lipinski definition) is 0. The van der Waals surface area contributed by atoms with E-state index in [2.05, 4.69) is 11.6 Å². The number of furan rings is 1. The Morgan fingerprint density at radius 1 is 1.18 bits per heavy atom. The Labute approximate surface area is 224 Å². The van der Waals surface area contributed by atoms with E-state index >= 15 is 0 Å². The lowest BCUT2D eigenvalue weighted by molar-refractivity contribution is -0.139. The number of hydrogen-bond acceptors (Lipinski definition) is 9. The monoisotopic (exact) mass is 537 g/mol. The Hall–Kier alpha value is -4.05. The molecule has 0 N–H and O–H groups in total. The van der Waals surface area contributed by atoms with Gasteiger partial charge in [0.15, 0.2) is 22.2 Å². The lowest BCUT2D eigenvalue weighted by atomic mass is 9.95. The molecule has 1 unspecified atom stereocenters. The van der Waals surface area contributed by atoms with E-state index in [1.165, 1.54) is 15.9 Å². The molecule has 0 saturated heterocycles. The molecular formula is C28H31N3O6S. The Bertz CT molecular complexity index is 1560. The van der Waals surface area contributed by atoms with Crippen molar-refractivity contribution in [2.45, 2.75) is 26.8 Å². The highest BCUT2D eigenvalue weighted by atomic mass is 32.1. The van der Waals surface area contributed by atoms with Crippen LogP contribution in [0.2, 0.25) is 0 Å². The maximum atomic E-state index is 13.8. The van der Waals surface area contributed by atoms with E-state index in [1.807, 2.05) is 38.1 Å². The second-order valence-corrected chi connectivity index (χ2v) is 9.62. The van der Waals surface area contributed by atoms with Crippen LogP contribution in [0.5, 0.6) is 11.5 Å². The smallest absolute Gasteiger partial charge is 0.338 e. The fourth-order valence-electron chi connectivity index (χ4n) is 4.13. The van der Waals surface area contributed by atoms with Gasteiger partial charge in [-0.1, -0.05) is 30.1 Å². The molecule has 0 aliphatic carbocycles. The van der Waals surface area contributed by atoms with Gasteiger partial charge in [-0.25, -0.2) is 9.79 Å². The summed E-state index contributed by atoms with van der Waals surface area (Å²) >= 11 is 1.23. The SMILES string of the molecule is C=CCOc1ccc(C2C(C(=O)OCC)=C(C)N=c3s/c(=C/c4ccc(N(C)C)o4)c(=O)n32)cc1OCC. The molecule has 9 nitrogen and oxygen atoms in total. The van der Waals surface area contributed by atoms with Crippen molar-refractivity contribution in [3.05, 3.63) is 85.3 Å². The van der Waals surface area contributed by atoms with Gasteiger partial charge in [0, 0.05) is 26.2 Å². The van der Waals surface area contributed by atoms with Crippen molar-refractivity contribution in [2.24, 2.45) is 4.99 Å². The average Bonchev–Trinajstić information content (AvgIpc) is 3.47. The van der Waals surface area contributed by atoms with Crippen molar-refractivity contribution in [2.75, 3.05) is 38.8 Å². The third-order valence-corrected chi connectivity index (χ3v) is 6.77. The van der Waals surface area contributed by atoms with E-state index in [4.69, 9.17) is 18.6 Å². The predicted molar refractivity (Wildman–Crippen MR) is 147 cm³/mol. The van der Waals surface area contributed by atoms with Crippen molar-refractivity contribution in [1.82, 2.24) is 4.57 Å². The highest BCUT2D eigenvalue weighted by Gasteiger charge is 2.34. The van der Waals surface area contributed by atoms with E-state index in [1.54, 1.807) is 44.2 Å². The summed E-state index contributed by atoms with van der Waals surface area (Å²) in [5.74, 6) is 1.72. The van der Waals surface area contributed by atoms with Gasteiger partial charge in [0.1, 0.15) is 12.4 Å². The molecule has 1 aromatic carbocycles. The van der Waals surface area contributed by atoms with Crippen LogP contribution in [0.25, 0.3) is 6.08 Å². The van der Waals surface area contributed by atoms with Crippen LogP contribution < -0.4 is 29.3 Å². The third kappa shape index (κ3) is 5.31. The normalized spacial score (nSPS) is 15.1. The number of ether oxygens (including phenoxy) is 3. The Kier molecular flexibility index (Phi) is 8.21. The van der Waals surface area contributed by atoms with Gasteiger partial charge in [0.25, 0.3) is 5.56 Å². The molecule has 2 aromatic heterocycles. The number of fused-ring (bicyclic) bond motifs is 1. The molecule has 1 atom stereocenters. The second kappa shape index (κ2) is 11.6. The zero-order valence-electron chi connectivity index (χ0n) is 22.1. The van der Waals surface area contributed by atoms with Gasteiger partial charge < -0.3 is 23.5 Å². The van der Waals surface area contributed by atoms with Crippen LogP contribution >= 0.6 is 11.3 Å². The minimum atomic E-state index is -0.769. The average molecular weight is 538 g/mol. The molecule has 0 spiro atoms. The number of rotatable bonds is 10. The fourth-order valence-corrected chi connectivity index (χ4v) is 5.15. The van der Waals surface area contributed by atoms with Crippen molar-refractivity contribution in [3.63, 3.8) is 0 Å². The van der Waals surface area contributed by atoms with Crippen LogP contribution in [-0.2, 0) is 9.53 Å². The van der Waals surface area contributed by atoms with E-state index < -0.39 is 12.0 Å². The molecule has 0 radical (unpaired) electrons. The van der Waals surface area contributed by atoms with Crippen LogP contribution in [0.3, 0.4) is 0 Å². The van der Waals surface area contributed by atoms with Crippen molar-refractivity contribution < 1.29 is 23.4 Å². The van der Waals surface area contributed by atoms with Gasteiger partial charge in [-0.2, -0.15) is 0 Å². The summed E-state index contributed by atoms with van der Waals surface area (Å²) < 4.78 is 24.7. The zero-order chi connectivity index (χ0) is 27.4. The van der Waals surface area contributed by atoms with Crippen LogP contribution in [0.1, 0.15) is 38.1 Å². The minimum Gasteiger partial charge on any atom is -0.490 e. The van der Waals surface area contributed by atoms with Crippen LogP contribution in [0.4, 0.5) is 5.88 Å². The number of thiazole rings is 1. The number of benzene rings is 1. The van der Waals surface area contributed by atoms with Gasteiger partial charge >= 0.3 is 5.97 Å². The molecule has 1 aliphatic rings. The highest BCUT2D eigenvalue weighted by Crippen LogP contribution is 2.36. The maximum absolute atomic E-state index is 13.8. The molecule has 3 aromatic rings. The Morgan fingerprint density at radius 2 is 1.97 bits per heavy atom. The first-order valence-corrected chi connectivity index (χ1v) is 13.1. The van der Waals surface area contributed by atoms with Gasteiger partial charge in [0.2, 0.25) is 0 Å². The number of carbonyl (C=O) groups is 1. The van der Waals surface area contributed by atoms with Crippen molar-refractivity contribution >= 4 is 29.3 Å². The summed E-state index contributed by atoms with van der Waals surface area (Å²) in [4.78, 5) is 33.9. The van der Waals surface area contributed by atoms with Crippen molar-refractivity contribution in [3.8, 4) is 11.5 Å². The lowest BCUT2D eigenvalue weighted by Crippen LogP contribution is -2.40. The van der Waals surface area contributed by atoms with Crippen LogP contribution in [0.15, 0.2) is 68.5 Å². The Morgan fingerprint density at radius 3 is 2.63 bits per heavy atom. The first-order chi connectivity index (χ1) is 18.3. The predicted octanol–water partition coefficient (Wildman–Crippen LogP) is 3.42. The number of carbonyl (C=O) groups excluding carboxylic acids is 1. The molecule has 4 rings (SSSR count). The number of esters is 1. The maximum Gasteiger partial charge on any atom is 0.338 e. The Balaban J connectivity index is 1.91. The first-order valence-electron chi connectivity index (χ1n) is 12.3. The summed E-state index contributed by atoms with van der Waals surface area (Å²) in [5.41, 5.74) is 1.15. The molecule has 0 saturated carbocycles. The largest absolute Gasteiger partial charge is 0.490 e. The van der Waals surface area contributed by atoms with Gasteiger partial charge in [-0.3, -0.25) is 9.36 Å². The second-order valence-electron chi connectivity index (χ2n) is 8.61. The molecular weight excluding hydrogens is 506 g/mol. The van der Waals surface area contributed by atoms with E-state index in [-0.39, 0.29) is 12.2 Å². The van der Waals surface area contributed by atoms with Gasteiger partial charge in [-0.15, -0.1) is 0 Å². The molecule has 0 fully saturated rings. The summed E-state index contributed by atoms with van der Waals surface area (Å²) in [6.45, 7) is 9.96. The molecule has 38 heavy (non-hydrogen) atoms. The van der Waals surface area contributed by atoms with E-state index in [0.717, 1.165) is 0 Å². The number of nitrogens with zero attached hydrogens (tertiary/aromatic N) is 3. The highest BCUT2D eigenvalue weighted by molar-refractivity contribution is 7.07. The summed E-state index contributed by atoms with van der Waals surface area (Å²) in [5, 5.41) is 0. The summed E-state index contributed by atoms with van der Waals surface area (Å²) in [6.07, 6.45) is 3.34. The van der Waals surface area contributed by atoms with Gasteiger partial charge in [0.05, 0.1) is 35.1 Å². The third-order valence-electron chi connectivity index (χ3n) is 5.78. The summed E-state index contributed by atoms with van der Waals surface area (Å²) in [6, 6.07) is 8.24. The number of allylic oxidation sites excluding steroid dienone is 1. The van der Waals surface area contributed by atoms with Gasteiger partial charge in [-0.05, 0) is 44.5 Å². The molecule has 200 valence electrons. The summed E-state index contributed by atoms with van der Waals surface area (Å²) in [7, 11) is 3.75. The molecule has 1 aliphatic heterocycles. The molecule has 3 heterocycles. The van der Waals surface area contributed by atoms with E-state index in [9.17, 15) is 9.59 Å². The number of anilines is 1. The molecule has 0 amide bonds. The first kappa shape index (κ1) is 27.0. The lowest BCUT2D eigenvalue weighted by Gasteiger charge is -2.25. The van der Waals surface area contributed by atoms with Crippen LogP contribution in [-0.4, -0.2) is 44.5 Å². The molecule has 0 bridgehead atoms. The zero-order valence-corrected chi connectivity index (χ0v) is 23.0. The van der Waals surface area contributed by atoms with E-state index in [0.29, 0.717) is 62.5 Å². The fraction of sp³-hybridized carbons (Fsp3) is 0.321. The van der Waals surface area contributed by atoms with Crippen molar-refractivity contribution in [1.29, 1.82) is 0 Å². The number of aromatic nitrogens is 1. The van der Waals surface area contributed by atoms with Crippen LogP contribution in [0, 0.1) is 0 Å². The minimum absolute atomic E-state index is 0.192. The quantitative estimate of drug-likeness (QED) is 0.289. The molecule has 10 heteroatoms.